The van der Waals surface area contributed by atoms with Gasteiger partial charge in [-0.1, -0.05) is 39.8 Å². The lowest BCUT2D eigenvalue weighted by molar-refractivity contribution is 0.319. The van der Waals surface area contributed by atoms with Gasteiger partial charge in [-0.15, -0.1) is 0 Å². The van der Waals surface area contributed by atoms with Gasteiger partial charge in [0.25, 0.3) is 0 Å². The van der Waals surface area contributed by atoms with Gasteiger partial charge in [-0.25, -0.2) is 0 Å². The van der Waals surface area contributed by atoms with Gasteiger partial charge < -0.3 is 5.21 Å². The second kappa shape index (κ2) is 3.06. The van der Waals surface area contributed by atoms with Crippen LogP contribution in [0.3, 0.4) is 0 Å². The summed E-state index contributed by atoms with van der Waals surface area (Å²) in [7, 11) is 1.76. The molecule has 0 aromatic heterocycles. The zero-order valence-electron chi connectivity index (χ0n) is 10.8. The number of nitrogens with zero attached hydrogens (tertiary/aromatic N) is 2. The van der Waals surface area contributed by atoms with Crippen LogP contribution in [0.1, 0.15) is 41.5 Å². The molecule has 1 N–H and O–H groups in total. The largest absolute Gasteiger partial charge is 0.411 e. The lowest BCUT2D eigenvalue weighted by Crippen LogP contribution is -2.26. The van der Waals surface area contributed by atoms with E-state index in [4.69, 9.17) is 5.21 Å². The molecule has 15 heavy (non-hydrogen) atoms. The van der Waals surface area contributed by atoms with E-state index in [0.717, 1.165) is 5.71 Å². The lowest BCUT2D eigenvalue weighted by atomic mass is 9.88. The minimum Gasteiger partial charge on any atom is -0.411 e. The normalized spacial score (nSPS) is 27.7. The minimum atomic E-state index is -0.00887. The molecule has 0 amide bonds. The summed E-state index contributed by atoms with van der Waals surface area (Å²) < 4.78 is 0. The van der Waals surface area contributed by atoms with Gasteiger partial charge in [0.1, 0.15) is 0 Å². The third-order valence-electron chi connectivity index (χ3n) is 5.19. The first kappa shape index (κ1) is 12.2. The Kier molecular flexibility index (Phi) is 2.49. The van der Waals surface area contributed by atoms with Crippen LogP contribution in [0.25, 0.3) is 0 Å². The van der Waals surface area contributed by atoms with Crippen LogP contribution in [-0.4, -0.2) is 23.7 Å². The van der Waals surface area contributed by atoms with Crippen molar-refractivity contribution < 1.29 is 5.21 Å². The first-order valence-electron chi connectivity index (χ1n) is 5.34. The second-order valence-electron chi connectivity index (χ2n) is 5.63. The fourth-order valence-electron chi connectivity index (χ4n) is 2.98. The molecule has 1 rings (SSSR count). The Labute approximate surface area is 92.3 Å². The van der Waals surface area contributed by atoms with Crippen molar-refractivity contribution in [2.45, 2.75) is 41.5 Å². The van der Waals surface area contributed by atoms with E-state index in [1.165, 1.54) is 0 Å². The fraction of sp³-hybridized carbons (Fsp3) is 0.833. The molecule has 0 unspecified atom stereocenters. The second-order valence-corrected chi connectivity index (χ2v) is 5.63. The average molecular weight is 210 g/mol. The van der Waals surface area contributed by atoms with Gasteiger partial charge in [0, 0.05) is 12.5 Å². The number of rotatable bonds is 2. The van der Waals surface area contributed by atoms with Crippen LogP contribution in [0, 0.1) is 16.2 Å². The molecule has 1 saturated carbocycles. The van der Waals surface area contributed by atoms with Crippen molar-refractivity contribution in [2.24, 2.45) is 26.4 Å². The summed E-state index contributed by atoms with van der Waals surface area (Å²) in [4.78, 5) is 4.31. The molecule has 0 spiro atoms. The molecule has 86 valence electrons. The number of hydrogen-bond donors (Lipinski definition) is 1. The van der Waals surface area contributed by atoms with Gasteiger partial charge in [0.05, 0.1) is 11.4 Å². The molecule has 0 saturated heterocycles. The standard InChI is InChI=1S/C12H22N2O/c1-8(14-15)9(13-7)12(6)10(2,3)11(12,4)5/h15H,1-7H3/b13-9?,14-8+. The topological polar surface area (TPSA) is 45.0 Å². The maximum absolute atomic E-state index is 8.87. The van der Waals surface area contributed by atoms with Crippen LogP contribution in [-0.2, 0) is 0 Å². The SMILES string of the molecule is CN=C(/C(C)=N/O)C1(C)C(C)(C)C1(C)C. The Bertz CT molecular complexity index is 324. The van der Waals surface area contributed by atoms with Crippen LogP contribution in [0.4, 0.5) is 0 Å². The van der Waals surface area contributed by atoms with Gasteiger partial charge in [-0.3, -0.25) is 4.99 Å². The summed E-state index contributed by atoms with van der Waals surface area (Å²) in [6.45, 7) is 13.0. The van der Waals surface area contributed by atoms with Crippen molar-refractivity contribution in [3.63, 3.8) is 0 Å². The first-order valence-corrected chi connectivity index (χ1v) is 5.34. The Morgan fingerprint density at radius 3 is 1.60 bits per heavy atom. The number of hydrogen-bond acceptors (Lipinski definition) is 3. The number of aliphatic imine (C=N–C) groups is 1. The molecular weight excluding hydrogens is 188 g/mol. The third-order valence-corrected chi connectivity index (χ3v) is 5.19. The van der Waals surface area contributed by atoms with E-state index in [0.29, 0.717) is 5.71 Å². The summed E-state index contributed by atoms with van der Waals surface area (Å²) >= 11 is 0. The van der Waals surface area contributed by atoms with E-state index in [1.807, 2.05) is 0 Å². The highest BCUT2D eigenvalue weighted by Gasteiger charge is 2.76. The quantitative estimate of drug-likeness (QED) is 0.425. The predicted molar refractivity (Wildman–Crippen MR) is 63.9 cm³/mol. The van der Waals surface area contributed by atoms with E-state index in [1.54, 1.807) is 14.0 Å². The van der Waals surface area contributed by atoms with Gasteiger partial charge in [-0.2, -0.15) is 0 Å². The zero-order chi connectivity index (χ0) is 12.1. The molecule has 1 aliphatic rings. The molecule has 3 nitrogen and oxygen atoms in total. The molecule has 1 aliphatic carbocycles. The first-order chi connectivity index (χ1) is 6.68. The van der Waals surface area contributed by atoms with Crippen molar-refractivity contribution in [1.82, 2.24) is 0 Å². The van der Waals surface area contributed by atoms with E-state index in [9.17, 15) is 0 Å². The fourth-order valence-corrected chi connectivity index (χ4v) is 2.98. The monoisotopic (exact) mass is 210 g/mol. The highest BCUT2D eigenvalue weighted by atomic mass is 16.4. The van der Waals surface area contributed by atoms with Gasteiger partial charge >= 0.3 is 0 Å². The Morgan fingerprint density at radius 2 is 1.40 bits per heavy atom. The van der Waals surface area contributed by atoms with Crippen LogP contribution in [0.15, 0.2) is 10.1 Å². The Morgan fingerprint density at radius 1 is 1.00 bits per heavy atom. The summed E-state index contributed by atoms with van der Waals surface area (Å²) in [5.74, 6) is 0. The highest BCUT2D eigenvalue weighted by molar-refractivity contribution is 6.44. The molecule has 0 bridgehead atoms. The Balaban J connectivity index is 3.22. The average Bonchev–Trinajstić information content (AvgIpc) is 2.45. The molecular formula is C12H22N2O. The maximum Gasteiger partial charge on any atom is 0.0980 e. The van der Waals surface area contributed by atoms with Gasteiger partial charge in [0.2, 0.25) is 0 Å². The minimum absolute atomic E-state index is 0.00887. The van der Waals surface area contributed by atoms with Crippen molar-refractivity contribution in [2.75, 3.05) is 7.05 Å². The Hall–Kier alpha value is -0.860. The highest BCUT2D eigenvalue weighted by Crippen LogP contribution is 2.78. The van der Waals surface area contributed by atoms with Crippen molar-refractivity contribution in [3.8, 4) is 0 Å². The summed E-state index contributed by atoms with van der Waals surface area (Å²) in [5.41, 5.74) is 1.89. The zero-order valence-corrected chi connectivity index (χ0v) is 10.8. The van der Waals surface area contributed by atoms with Crippen LogP contribution in [0.2, 0.25) is 0 Å². The maximum atomic E-state index is 8.87. The third kappa shape index (κ3) is 1.12. The van der Waals surface area contributed by atoms with Crippen LogP contribution in [0.5, 0.6) is 0 Å². The molecule has 0 aliphatic heterocycles. The molecule has 0 heterocycles. The van der Waals surface area contributed by atoms with E-state index >= 15 is 0 Å². The summed E-state index contributed by atoms with van der Waals surface area (Å²) in [6, 6.07) is 0. The van der Waals surface area contributed by atoms with Crippen LogP contribution >= 0.6 is 0 Å². The molecule has 0 aromatic carbocycles. The van der Waals surface area contributed by atoms with Gasteiger partial charge in [0.15, 0.2) is 0 Å². The smallest absolute Gasteiger partial charge is 0.0980 e. The van der Waals surface area contributed by atoms with Gasteiger partial charge in [-0.05, 0) is 17.8 Å². The lowest BCUT2D eigenvalue weighted by Gasteiger charge is -2.17. The van der Waals surface area contributed by atoms with E-state index < -0.39 is 0 Å². The molecule has 0 radical (unpaired) electrons. The molecule has 0 atom stereocenters. The van der Waals surface area contributed by atoms with Crippen molar-refractivity contribution in [3.05, 3.63) is 0 Å². The van der Waals surface area contributed by atoms with Crippen molar-refractivity contribution >= 4 is 11.4 Å². The summed E-state index contributed by atoms with van der Waals surface area (Å²) in [6.07, 6.45) is 0. The van der Waals surface area contributed by atoms with Crippen LogP contribution < -0.4 is 0 Å². The summed E-state index contributed by atoms with van der Waals surface area (Å²) in [5, 5.41) is 12.2. The van der Waals surface area contributed by atoms with E-state index in [2.05, 4.69) is 44.8 Å². The number of oxime groups is 1. The van der Waals surface area contributed by atoms with Crippen molar-refractivity contribution in [1.29, 1.82) is 0 Å². The molecule has 1 fully saturated rings. The predicted octanol–water partition coefficient (Wildman–Crippen LogP) is 2.98. The molecule has 3 heteroatoms. The molecule has 0 aromatic rings. The van der Waals surface area contributed by atoms with E-state index in [-0.39, 0.29) is 16.2 Å².